The van der Waals surface area contributed by atoms with Gasteiger partial charge in [-0.1, -0.05) is 6.92 Å². The molecular formula is C8H13NO2. The van der Waals surface area contributed by atoms with Crippen LogP contribution in [0.2, 0.25) is 0 Å². The van der Waals surface area contributed by atoms with Gasteiger partial charge in [0, 0.05) is 25.4 Å². The lowest BCUT2D eigenvalue weighted by atomic mass is 10.2. The molecule has 3 nitrogen and oxygen atoms in total. The van der Waals surface area contributed by atoms with E-state index in [0.29, 0.717) is 5.92 Å². The lowest BCUT2D eigenvalue weighted by Crippen LogP contribution is -2.12. The minimum Gasteiger partial charge on any atom is -0.478 e. The Morgan fingerprint density at radius 1 is 1.73 bits per heavy atom. The summed E-state index contributed by atoms with van der Waals surface area (Å²) in [5.74, 6) is -0.169. The van der Waals surface area contributed by atoms with E-state index in [2.05, 4.69) is 6.92 Å². The van der Waals surface area contributed by atoms with Crippen LogP contribution in [0.15, 0.2) is 12.3 Å². The van der Waals surface area contributed by atoms with Crippen molar-refractivity contribution in [2.24, 2.45) is 5.92 Å². The van der Waals surface area contributed by atoms with Gasteiger partial charge in [-0.3, -0.25) is 0 Å². The highest BCUT2D eigenvalue weighted by molar-refractivity contribution is 5.79. The first-order valence-electron chi connectivity index (χ1n) is 3.83. The van der Waals surface area contributed by atoms with Gasteiger partial charge < -0.3 is 10.0 Å². The molecule has 1 atom stereocenters. The van der Waals surface area contributed by atoms with E-state index < -0.39 is 5.97 Å². The van der Waals surface area contributed by atoms with Gasteiger partial charge in [0.25, 0.3) is 0 Å². The van der Waals surface area contributed by atoms with Crippen molar-refractivity contribution >= 4 is 5.97 Å². The van der Waals surface area contributed by atoms with Crippen molar-refractivity contribution in [3.63, 3.8) is 0 Å². The molecule has 0 aliphatic carbocycles. The summed E-state index contributed by atoms with van der Waals surface area (Å²) in [6.45, 7) is 4.16. The van der Waals surface area contributed by atoms with Crippen LogP contribution in [0.4, 0.5) is 0 Å². The highest BCUT2D eigenvalue weighted by Gasteiger charge is 2.14. The number of hydrogen-bond acceptors (Lipinski definition) is 2. The average Bonchev–Trinajstić information content (AvgIpc) is 2.31. The third-order valence-electron chi connectivity index (χ3n) is 1.88. The number of aliphatic carboxylic acids is 1. The van der Waals surface area contributed by atoms with Gasteiger partial charge in [-0.2, -0.15) is 0 Å². The molecule has 0 radical (unpaired) electrons. The van der Waals surface area contributed by atoms with Crippen LogP contribution in [0.1, 0.15) is 13.3 Å². The summed E-state index contributed by atoms with van der Waals surface area (Å²) in [6, 6.07) is 0. The van der Waals surface area contributed by atoms with Gasteiger partial charge in [-0.15, -0.1) is 0 Å². The standard InChI is InChI=1S/C8H13NO2/c1-7-2-4-9(6-7)5-3-8(10)11/h3,5,7H,2,4,6H2,1H3,(H,10,11). The Morgan fingerprint density at radius 3 is 2.91 bits per heavy atom. The molecule has 0 aromatic heterocycles. The Balaban J connectivity index is 2.33. The van der Waals surface area contributed by atoms with E-state index in [4.69, 9.17) is 5.11 Å². The fourth-order valence-electron chi connectivity index (χ4n) is 1.27. The Labute approximate surface area is 66.3 Å². The van der Waals surface area contributed by atoms with Crippen molar-refractivity contribution in [2.45, 2.75) is 13.3 Å². The second-order valence-corrected chi connectivity index (χ2v) is 3.04. The molecule has 1 unspecified atom stereocenters. The lowest BCUT2D eigenvalue weighted by Gasteiger charge is -2.09. The van der Waals surface area contributed by atoms with Crippen LogP contribution in [0, 0.1) is 5.92 Å². The number of carboxylic acids is 1. The summed E-state index contributed by atoms with van der Waals surface area (Å²) < 4.78 is 0. The minimum absolute atomic E-state index is 0.702. The zero-order chi connectivity index (χ0) is 8.27. The van der Waals surface area contributed by atoms with Crippen molar-refractivity contribution in [3.05, 3.63) is 12.3 Å². The van der Waals surface area contributed by atoms with Crippen LogP contribution >= 0.6 is 0 Å². The van der Waals surface area contributed by atoms with Gasteiger partial charge in [-0.25, -0.2) is 4.79 Å². The molecule has 1 heterocycles. The first kappa shape index (κ1) is 8.11. The molecule has 0 saturated carbocycles. The highest BCUT2D eigenvalue weighted by Crippen LogP contribution is 2.14. The van der Waals surface area contributed by atoms with E-state index in [1.54, 1.807) is 6.20 Å². The molecule has 1 aliphatic heterocycles. The monoisotopic (exact) mass is 155 g/mol. The van der Waals surface area contributed by atoms with Crippen LogP contribution in [-0.4, -0.2) is 29.1 Å². The number of rotatable bonds is 2. The quantitative estimate of drug-likeness (QED) is 0.603. The molecule has 0 spiro atoms. The molecule has 0 amide bonds. The minimum atomic E-state index is -0.871. The van der Waals surface area contributed by atoms with Gasteiger partial charge in [0.05, 0.1) is 0 Å². The third kappa shape index (κ3) is 2.62. The summed E-state index contributed by atoms with van der Waals surface area (Å²) in [7, 11) is 0. The molecule has 1 aliphatic rings. The maximum absolute atomic E-state index is 10.1. The fourth-order valence-corrected chi connectivity index (χ4v) is 1.27. The third-order valence-corrected chi connectivity index (χ3v) is 1.88. The van der Waals surface area contributed by atoms with E-state index in [-0.39, 0.29) is 0 Å². The summed E-state index contributed by atoms with van der Waals surface area (Å²) in [4.78, 5) is 12.2. The number of nitrogens with zero attached hydrogens (tertiary/aromatic N) is 1. The molecule has 1 fully saturated rings. The van der Waals surface area contributed by atoms with Crippen LogP contribution in [0.3, 0.4) is 0 Å². The summed E-state index contributed by atoms with van der Waals surface area (Å²) >= 11 is 0. The Bertz CT molecular complexity index is 177. The molecule has 0 bridgehead atoms. The maximum Gasteiger partial charge on any atom is 0.329 e. The van der Waals surface area contributed by atoms with Crippen molar-refractivity contribution in [3.8, 4) is 0 Å². The summed E-state index contributed by atoms with van der Waals surface area (Å²) in [6.07, 6.45) is 4.02. The van der Waals surface area contributed by atoms with Crippen molar-refractivity contribution in [1.29, 1.82) is 0 Å². The maximum atomic E-state index is 10.1. The zero-order valence-corrected chi connectivity index (χ0v) is 6.66. The van der Waals surface area contributed by atoms with Crippen molar-refractivity contribution in [1.82, 2.24) is 4.90 Å². The molecule has 62 valence electrons. The highest BCUT2D eigenvalue weighted by atomic mass is 16.4. The molecule has 1 saturated heterocycles. The van der Waals surface area contributed by atoms with Crippen LogP contribution in [-0.2, 0) is 4.79 Å². The van der Waals surface area contributed by atoms with Gasteiger partial charge in [-0.05, 0) is 12.3 Å². The van der Waals surface area contributed by atoms with E-state index in [1.807, 2.05) is 4.90 Å². The fraction of sp³-hybridized carbons (Fsp3) is 0.625. The Kier molecular flexibility index (Phi) is 2.52. The topological polar surface area (TPSA) is 40.5 Å². The SMILES string of the molecule is CC1CCN(C=CC(=O)O)C1. The van der Waals surface area contributed by atoms with Gasteiger partial charge >= 0.3 is 5.97 Å². The van der Waals surface area contributed by atoms with Gasteiger partial charge in [0.2, 0.25) is 0 Å². The van der Waals surface area contributed by atoms with Crippen LogP contribution in [0.25, 0.3) is 0 Å². The van der Waals surface area contributed by atoms with E-state index >= 15 is 0 Å². The van der Waals surface area contributed by atoms with Gasteiger partial charge in [0.1, 0.15) is 0 Å². The van der Waals surface area contributed by atoms with Crippen molar-refractivity contribution < 1.29 is 9.90 Å². The molecule has 0 aromatic carbocycles. The first-order valence-corrected chi connectivity index (χ1v) is 3.83. The Hall–Kier alpha value is -0.990. The predicted octanol–water partition coefficient (Wildman–Crippen LogP) is 0.926. The van der Waals surface area contributed by atoms with E-state index in [1.165, 1.54) is 12.5 Å². The molecular weight excluding hydrogens is 142 g/mol. The summed E-state index contributed by atoms with van der Waals surface area (Å²) in [5, 5.41) is 8.33. The number of carbonyl (C=O) groups is 1. The Morgan fingerprint density at radius 2 is 2.45 bits per heavy atom. The molecule has 1 rings (SSSR count). The zero-order valence-electron chi connectivity index (χ0n) is 6.66. The lowest BCUT2D eigenvalue weighted by molar-refractivity contribution is -0.131. The molecule has 1 N–H and O–H groups in total. The largest absolute Gasteiger partial charge is 0.478 e. The van der Waals surface area contributed by atoms with Crippen molar-refractivity contribution in [2.75, 3.05) is 13.1 Å². The number of carboxylic acid groups (broad SMARTS) is 1. The number of likely N-dealkylation sites (tertiary alicyclic amines) is 1. The van der Waals surface area contributed by atoms with Crippen LogP contribution in [0.5, 0.6) is 0 Å². The van der Waals surface area contributed by atoms with Crippen LogP contribution < -0.4 is 0 Å². The molecule has 0 aromatic rings. The first-order chi connectivity index (χ1) is 5.18. The predicted molar refractivity (Wildman–Crippen MR) is 42.1 cm³/mol. The molecule has 11 heavy (non-hydrogen) atoms. The normalized spacial score (nSPS) is 24.8. The van der Waals surface area contributed by atoms with Gasteiger partial charge in [0.15, 0.2) is 0 Å². The second-order valence-electron chi connectivity index (χ2n) is 3.04. The smallest absolute Gasteiger partial charge is 0.329 e. The molecule has 3 heteroatoms. The van der Waals surface area contributed by atoms with E-state index in [0.717, 1.165) is 13.1 Å². The summed E-state index contributed by atoms with van der Waals surface area (Å²) in [5.41, 5.74) is 0. The average molecular weight is 155 g/mol. The van der Waals surface area contributed by atoms with E-state index in [9.17, 15) is 4.79 Å². The number of hydrogen-bond donors (Lipinski definition) is 1. The second kappa shape index (κ2) is 3.42.